The summed E-state index contributed by atoms with van der Waals surface area (Å²) < 4.78 is 40.6. The third-order valence-corrected chi connectivity index (χ3v) is 6.21. The van der Waals surface area contributed by atoms with E-state index in [9.17, 15) is 22.9 Å². The largest absolute Gasteiger partial charge is 1.00 e. The highest BCUT2D eigenvalue weighted by Gasteiger charge is 2.35. The summed E-state index contributed by atoms with van der Waals surface area (Å²) >= 11 is 0. The van der Waals surface area contributed by atoms with E-state index in [-0.39, 0.29) is 36.2 Å². The first kappa shape index (κ1) is 20.2. The molecule has 1 aliphatic rings. The molecular formula is C16H17ClFN3O4S. The number of nitro benzene ring substituents is 1. The first-order valence-corrected chi connectivity index (χ1v) is 9.18. The van der Waals surface area contributed by atoms with Gasteiger partial charge in [0.15, 0.2) is 16.4 Å². The standard InChI is InChI=1S/C16H16FN3O4S.ClH/c17-13-5-1-2-6-14(13)18-9-11-19(12-10-18)25(23,24)16-8-4-3-7-15(16)20(21)22;/h1-8H,9-12H2;1H. The molecule has 0 aromatic heterocycles. The van der Waals surface area contributed by atoms with Gasteiger partial charge in [-0.3, -0.25) is 15.0 Å². The van der Waals surface area contributed by atoms with Gasteiger partial charge in [0.2, 0.25) is 10.0 Å². The SMILES string of the molecule is O=[N+]([O-])c1ccccc1S(=O)(=O)N1CC[NH+](c2ccccc2F)CC1.[Cl-]. The van der Waals surface area contributed by atoms with E-state index >= 15 is 0 Å². The molecule has 7 nitrogen and oxygen atoms in total. The van der Waals surface area contributed by atoms with Crippen molar-refractivity contribution in [1.29, 1.82) is 0 Å². The predicted octanol–water partition coefficient (Wildman–Crippen LogP) is -2.04. The number of sulfonamides is 1. The Hall–Kier alpha value is -2.07. The normalized spacial score (nSPS) is 16.0. The molecule has 1 heterocycles. The Morgan fingerprint density at radius 2 is 1.62 bits per heavy atom. The molecule has 1 aliphatic heterocycles. The molecule has 0 radical (unpaired) electrons. The van der Waals surface area contributed by atoms with Gasteiger partial charge in [-0.2, -0.15) is 4.31 Å². The number of nitrogens with zero attached hydrogens (tertiary/aromatic N) is 2. The third-order valence-electron chi connectivity index (χ3n) is 4.26. The Morgan fingerprint density at radius 3 is 2.23 bits per heavy atom. The predicted molar refractivity (Wildman–Crippen MR) is 88.6 cm³/mol. The minimum Gasteiger partial charge on any atom is -1.00 e. The first-order valence-electron chi connectivity index (χ1n) is 7.74. The monoisotopic (exact) mass is 401 g/mol. The zero-order valence-electron chi connectivity index (χ0n) is 13.6. The van der Waals surface area contributed by atoms with Gasteiger partial charge in [0.25, 0.3) is 5.69 Å². The van der Waals surface area contributed by atoms with E-state index < -0.39 is 20.6 Å². The van der Waals surface area contributed by atoms with Crippen molar-refractivity contribution < 1.29 is 35.0 Å². The number of quaternary nitrogens is 1. The third kappa shape index (κ3) is 3.85. The lowest BCUT2D eigenvalue weighted by Gasteiger charge is -2.31. The molecule has 1 fully saturated rings. The van der Waals surface area contributed by atoms with Crippen LogP contribution in [0.4, 0.5) is 15.8 Å². The van der Waals surface area contributed by atoms with Crippen molar-refractivity contribution in [2.24, 2.45) is 0 Å². The molecule has 2 aromatic rings. The molecule has 0 saturated carbocycles. The van der Waals surface area contributed by atoms with Crippen LogP contribution in [-0.4, -0.2) is 43.8 Å². The van der Waals surface area contributed by atoms with Crippen LogP contribution < -0.4 is 17.3 Å². The van der Waals surface area contributed by atoms with Gasteiger partial charge in [-0.1, -0.05) is 24.3 Å². The average Bonchev–Trinajstić information content (AvgIpc) is 2.62. The van der Waals surface area contributed by atoms with Crippen molar-refractivity contribution in [3.8, 4) is 0 Å². The van der Waals surface area contributed by atoms with E-state index in [1.165, 1.54) is 34.6 Å². The molecule has 140 valence electrons. The number of halogens is 2. The smallest absolute Gasteiger partial charge is 0.289 e. The zero-order valence-corrected chi connectivity index (χ0v) is 15.2. The average molecular weight is 402 g/mol. The van der Waals surface area contributed by atoms with Gasteiger partial charge in [0.05, 0.1) is 31.1 Å². The van der Waals surface area contributed by atoms with Crippen LogP contribution in [0.25, 0.3) is 0 Å². The summed E-state index contributed by atoms with van der Waals surface area (Å²) in [4.78, 5) is 10.9. The van der Waals surface area contributed by atoms with Crippen molar-refractivity contribution in [3.63, 3.8) is 0 Å². The summed E-state index contributed by atoms with van der Waals surface area (Å²) in [5, 5.41) is 11.1. The van der Waals surface area contributed by atoms with Crippen LogP contribution in [-0.2, 0) is 10.0 Å². The fraction of sp³-hybridized carbons (Fsp3) is 0.250. The maximum atomic E-state index is 13.9. The van der Waals surface area contributed by atoms with Crippen LogP contribution in [0.15, 0.2) is 53.4 Å². The lowest BCUT2D eigenvalue weighted by atomic mass is 10.2. The van der Waals surface area contributed by atoms with E-state index in [1.54, 1.807) is 18.2 Å². The molecule has 0 unspecified atom stereocenters. The van der Waals surface area contributed by atoms with Crippen molar-refractivity contribution in [2.75, 3.05) is 26.2 Å². The van der Waals surface area contributed by atoms with Crippen molar-refractivity contribution in [1.82, 2.24) is 4.31 Å². The van der Waals surface area contributed by atoms with Crippen LogP contribution in [0.3, 0.4) is 0 Å². The molecule has 10 heteroatoms. The van der Waals surface area contributed by atoms with Crippen LogP contribution in [0.1, 0.15) is 0 Å². The molecule has 0 atom stereocenters. The highest BCUT2D eigenvalue weighted by Crippen LogP contribution is 2.26. The Morgan fingerprint density at radius 1 is 1.04 bits per heavy atom. The molecule has 2 aromatic carbocycles. The van der Waals surface area contributed by atoms with Crippen LogP contribution in [0, 0.1) is 15.9 Å². The van der Waals surface area contributed by atoms with Gasteiger partial charge >= 0.3 is 0 Å². The lowest BCUT2D eigenvalue weighted by Crippen LogP contribution is -3.10. The molecule has 0 spiro atoms. The number of para-hydroxylation sites is 2. The quantitative estimate of drug-likeness (QED) is 0.472. The summed E-state index contributed by atoms with van der Waals surface area (Å²) in [6, 6.07) is 11.7. The Balaban J connectivity index is 0.00000243. The van der Waals surface area contributed by atoms with E-state index in [4.69, 9.17) is 0 Å². The minimum atomic E-state index is -3.97. The molecule has 3 rings (SSSR count). The number of benzene rings is 2. The lowest BCUT2D eigenvalue weighted by molar-refractivity contribution is -0.838. The second-order valence-electron chi connectivity index (χ2n) is 5.71. The molecule has 0 aliphatic carbocycles. The zero-order chi connectivity index (χ0) is 18.0. The van der Waals surface area contributed by atoms with E-state index in [2.05, 4.69) is 0 Å². The van der Waals surface area contributed by atoms with Gasteiger partial charge in [0, 0.05) is 12.1 Å². The van der Waals surface area contributed by atoms with Gasteiger partial charge in [-0.05, 0) is 12.1 Å². The van der Waals surface area contributed by atoms with Gasteiger partial charge in [-0.15, -0.1) is 0 Å². The molecule has 1 saturated heterocycles. The highest BCUT2D eigenvalue weighted by molar-refractivity contribution is 7.89. The Kier molecular flexibility index (Phi) is 6.30. The van der Waals surface area contributed by atoms with E-state index in [0.29, 0.717) is 18.8 Å². The number of nitro groups is 1. The number of rotatable bonds is 4. The molecule has 0 amide bonds. The second kappa shape index (κ2) is 8.09. The first-order chi connectivity index (χ1) is 11.9. The van der Waals surface area contributed by atoms with Gasteiger partial charge in [0.1, 0.15) is 0 Å². The fourth-order valence-corrected chi connectivity index (χ4v) is 4.58. The van der Waals surface area contributed by atoms with E-state index in [1.807, 2.05) is 0 Å². The minimum absolute atomic E-state index is 0. The van der Waals surface area contributed by atoms with E-state index in [0.717, 1.165) is 4.90 Å². The van der Waals surface area contributed by atoms with Crippen molar-refractivity contribution in [2.45, 2.75) is 4.90 Å². The Labute approximate surface area is 156 Å². The van der Waals surface area contributed by atoms with Crippen molar-refractivity contribution >= 4 is 21.4 Å². The highest BCUT2D eigenvalue weighted by atomic mass is 35.5. The summed E-state index contributed by atoms with van der Waals surface area (Å²) in [6.07, 6.45) is 0. The van der Waals surface area contributed by atoms with Crippen LogP contribution in [0.2, 0.25) is 0 Å². The van der Waals surface area contributed by atoms with Gasteiger partial charge in [-0.25, -0.2) is 12.8 Å². The van der Waals surface area contributed by atoms with Crippen LogP contribution >= 0.6 is 0 Å². The molecule has 26 heavy (non-hydrogen) atoms. The fourth-order valence-electron chi connectivity index (χ4n) is 2.98. The maximum Gasteiger partial charge on any atom is 0.289 e. The maximum absolute atomic E-state index is 13.9. The summed E-state index contributed by atoms with van der Waals surface area (Å²) in [5.74, 6) is -0.326. The van der Waals surface area contributed by atoms with Crippen LogP contribution in [0.5, 0.6) is 0 Å². The summed E-state index contributed by atoms with van der Waals surface area (Å²) in [6.45, 7) is 1.11. The Bertz CT molecular complexity index is 902. The number of hydrogen-bond donors (Lipinski definition) is 1. The van der Waals surface area contributed by atoms with Gasteiger partial charge < -0.3 is 12.4 Å². The summed E-state index contributed by atoms with van der Waals surface area (Å²) in [7, 11) is -3.97. The number of hydrogen-bond acceptors (Lipinski definition) is 4. The molecular weight excluding hydrogens is 385 g/mol. The second-order valence-corrected chi connectivity index (χ2v) is 7.62. The topological polar surface area (TPSA) is 85.0 Å². The number of piperazine rings is 1. The molecule has 0 bridgehead atoms. The number of nitrogens with one attached hydrogen (secondary N) is 1. The summed E-state index contributed by atoms with van der Waals surface area (Å²) in [5.41, 5.74) is 0.0663. The molecule has 1 N–H and O–H groups in total. The van der Waals surface area contributed by atoms with Crippen molar-refractivity contribution in [3.05, 3.63) is 64.5 Å².